The number of rotatable bonds is 19. The molecule has 9 heteroatoms. The van der Waals surface area contributed by atoms with E-state index in [4.69, 9.17) is 18.9 Å². The van der Waals surface area contributed by atoms with Crippen LogP contribution in [0.2, 0.25) is 0 Å². The van der Waals surface area contributed by atoms with Gasteiger partial charge in [0.2, 0.25) is 5.12 Å². The maximum atomic E-state index is 12.6. The van der Waals surface area contributed by atoms with E-state index in [9.17, 15) is 14.4 Å². The van der Waals surface area contributed by atoms with Gasteiger partial charge in [-0.3, -0.25) is 9.79 Å². The van der Waals surface area contributed by atoms with E-state index in [1.165, 1.54) is 0 Å². The van der Waals surface area contributed by atoms with Crippen LogP contribution in [-0.4, -0.2) is 49.7 Å². The fraction of sp³-hybridized carbons (Fsp3) is 0.243. The Labute approximate surface area is 274 Å². The van der Waals surface area contributed by atoms with Gasteiger partial charge in [-0.1, -0.05) is 31.4 Å². The maximum absolute atomic E-state index is 12.6. The van der Waals surface area contributed by atoms with Gasteiger partial charge >= 0.3 is 11.9 Å². The lowest BCUT2D eigenvalue weighted by Crippen LogP contribution is -2.04. The summed E-state index contributed by atoms with van der Waals surface area (Å²) < 4.78 is 21.3. The van der Waals surface area contributed by atoms with E-state index in [1.807, 2.05) is 73.7 Å². The zero-order chi connectivity index (χ0) is 33.0. The standard InChI is InChI=1S/C37H39NO7S/c1-4-35(39)44-24-8-6-22-42-31-15-10-29(11-16-31)14-21-37(41)46-33-19-20-34(28(3)26-33)38-27-30-12-17-32(18-13-30)43-23-7-9-25-45-36(40)5-2/h4-5,10-21,26-27H,1-2,6-9,22-25H2,3H3/b21-14+,38-27+. The zero-order valence-corrected chi connectivity index (χ0v) is 26.8. The summed E-state index contributed by atoms with van der Waals surface area (Å²) >= 11 is 1.16. The molecule has 0 unspecified atom stereocenters. The van der Waals surface area contributed by atoms with Crippen LogP contribution in [0.4, 0.5) is 5.69 Å². The maximum Gasteiger partial charge on any atom is 0.330 e. The highest BCUT2D eigenvalue weighted by Gasteiger charge is 2.05. The van der Waals surface area contributed by atoms with Gasteiger partial charge in [0.1, 0.15) is 11.5 Å². The first-order valence-corrected chi connectivity index (χ1v) is 15.8. The van der Waals surface area contributed by atoms with E-state index in [-0.39, 0.29) is 5.12 Å². The smallest absolute Gasteiger partial charge is 0.330 e. The normalized spacial score (nSPS) is 10.9. The first-order chi connectivity index (χ1) is 22.4. The van der Waals surface area contributed by atoms with Gasteiger partial charge in [0.05, 0.1) is 32.1 Å². The van der Waals surface area contributed by atoms with Crippen LogP contribution in [0.15, 0.2) is 108 Å². The third-order valence-corrected chi connectivity index (χ3v) is 7.18. The highest BCUT2D eigenvalue weighted by Crippen LogP contribution is 2.27. The van der Waals surface area contributed by atoms with E-state index < -0.39 is 11.9 Å². The number of aliphatic imine (C=N–C) groups is 1. The summed E-state index contributed by atoms with van der Waals surface area (Å²) in [6, 6.07) is 20.9. The summed E-state index contributed by atoms with van der Waals surface area (Å²) in [5, 5.41) is -0.0772. The molecular formula is C37H39NO7S. The van der Waals surface area contributed by atoms with Gasteiger partial charge in [0, 0.05) is 23.3 Å². The monoisotopic (exact) mass is 641 g/mol. The van der Waals surface area contributed by atoms with Crippen molar-refractivity contribution in [3.8, 4) is 11.5 Å². The Bertz CT molecular complexity index is 1510. The number of hydrogen-bond donors (Lipinski definition) is 0. The third-order valence-electron chi connectivity index (χ3n) is 6.35. The first-order valence-electron chi connectivity index (χ1n) is 14.9. The molecule has 46 heavy (non-hydrogen) atoms. The fourth-order valence-corrected chi connectivity index (χ4v) is 4.61. The largest absolute Gasteiger partial charge is 0.494 e. The Hall–Kier alpha value is -4.89. The fourth-order valence-electron chi connectivity index (χ4n) is 3.87. The quantitative estimate of drug-likeness (QED) is 0.0429. The molecule has 0 aliphatic heterocycles. The Morgan fingerprint density at radius 1 is 0.717 bits per heavy atom. The second-order valence-electron chi connectivity index (χ2n) is 9.95. The predicted octanol–water partition coefficient (Wildman–Crippen LogP) is 7.85. The van der Waals surface area contributed by atoms with Crippen LogP contribution in [-0.2, 0) is 23.9 Å². The van der Waals surface area contributed by atoms with Crippen molar-refractivity contribution in [2.45, 2.75) is 37.5 Å². The van der Waals surface area contributed by atoms with Crippen LogP contribution >= 0.6 is 11.8 Å². The summed E-state index contributed by atoms with van der Waals surface area (Å²) in [6.07, 6.45) is 10.4. The summed E-state index contributed by atoms with van der Waals surface area (Å²) in [6.45, 7) is 10.4. The van der Waals surface area contributed by atoms with Crippen molar-refractivity contribution in [2.24, 2.45) is 4.99 Å². The van der Waals surface area contributed by atoms with Gasteiger partial charge in [-0.25, -0.2) is 9.59 Å². The second-order valence-corrected chi connectivity index (χ2v) is 11.0. The summed E-state index contributed by atoms with van der Waals surface area (Å²) in [4.78, 5) is 40.1. The summed E-state index contributed by atoms with van der Waals surface area (Å²) in [7, 11) is 0. The Morgan fingerprint density at radius 3 is 1.76 bits per heavy atom. The average Bonchev–Trinajstić information content (AvgIpc) is 3.07. The molecule has 0 spiro atoms. The molecule has 0 aliphatic rings. The molecule has 3 rings (SSSR count). The number of ether oxygens (including phenoxy) is 4. The van der Waals surface area contributed by atoms with E-state index >= 15 is 0 Å². The van der Waals surface area contributed by atoms with Crippen molar-refractivity contribution in [2.75, 3.05) is 26.4 Å². The Balaban J connectivity index is 1.39. The number of carbonyl (C=O) groups excluding carboxylic acids is 3. The Kier molecular flexibility index (Phi) is 15.6. The van der Waals surface area contributed by atoms with Gasteiger partial charge in [-0.2, -0.15) is 0 Å². The highest BCUT2D eigenvalue weighted by atomic mass is 32.2. The number of aryl methyl sites for hydroxylation is 1. The van der Waals surface area contributed by atoms with Crippen LogP contribution < -0.4 is 9.47 Å². The molecular weight excluding hydrogens is 602 g/mol. The van der Waals surface area contributed by atoms with Gasteiger partial charge < -0.3 is 18.9 Å². The molecule has 240 valence electrons. The molecule has 0 amide bonds. The molecule has 0 saturated carbocycles. The van der Waals surface area contributed by atoms with Crippen LogP contribution in [0.3, 0.4) is 0 Å². The van der Waals surface area contributed by atoms with Crippen LogP contribution in [0.25, 0.3) is 6.08 Å². The molecule has 0 bridgehead atoms. The molecule has 0 N–H and O–H groups in total. The van der Waals surface area contributed by atoms with Crippen molar-refractivity contribution in [1.82, 2.24) is 0 Å². The third kappa shape index (κ3) is 13.8. The second kappa shape index (κ2) is 20.2. The molecule has 0 aliphatic carbocycles. The number of benzene rings is 3. The number of unbranched alkanes of at least 4 members (excludes halogenated alkanes) is 2. The zero-order valence-electron chi connectivity index (χ0n) is 26.0. The lowest BCUT2D eigenvalue weighted by molar-refractivity contribution is -0.138. The lowest BCUT2D eigenvalue weighted by atomic mass is 10.2. The minimum absolute atomic E-state index is 0.0772. The minimum atomic E-state index is -0.418. The molecule has 0 fully saturated rings. The van der Waals surface area contributed by atoms with E-state index in [0.717, 1.165) is 81.9 Å². The molecule has 0 saturated heterocycles. The van der Waals surface area contributed by atoms with E-state index in [0.29, 0.717) is 32.8 Å². The van der Waals surface area contributed by atoms with Crippen LogP contribution in [0.5, 0.6) is 11.5 Å². The average molecular weight is 642 g/mol. The summed E-state index contributed by atoms with van der Waals surface area (Å²) in [5.41, 5.74) is 3.61. The van der Waals surface area contributed by atoms with Crippen molar-refractivity contribution in [3.63, 3.8) is 0 Å². The number of hydrogen-bond acceptors (Lipinski definition) is 9. The first kappa shape index (κ1) is 35.6. The van der Waals surface area contributed by atoms with E-state index in [1.54, 1.807) is 18.4 Å². The number of carbonyl (C=O) groups is 3. The van der Waals surface area contributed by atoms with Crippen LogP contribution in [0, 0.1) is 6.92 Å². The number of thioether (sulfide) groups is 1. The van der Waals surface area contributed by atoms with Gasteiger partial charge in [-0.15, -0.1) is 0 Å². The molecule has 0 atom stereocenters. The van der Waals surface area contributed by atoms with Crippen molar-refractivity contribution >= 4 is 46.8 Å². The molecule has 0 heterocycles. The lowest BCUT2D eigenvalue weighted by Gasteiger charge is -2.07. The van der Waals surface area contributed by atoms with Crippen molar-refractivity contribution in [3.05, 3.63) is 115 Å². The van der Waals surface area contributed by atoms with Crippen molar-refractivity contribution < 1.29 is 33.3 Å². The number of nitrogens with zero attached hydrogens (tertiary/aromatic N) is 1. The predicted molar refractivity (Wildman–Crippen MR) is 183 cm³/mol. The molecule has 0 aromatic heterocycles. The Morgan fingerprint density at radius 2 is 1.24 bits per heavy atom. The minimum Gasteiger partial charge on any atom is -0.494 e. The SMILES string of the molecule is C=CC(=O)OCCCCOc1ccc(/C=C/C(=O)Sc2ccc(/N=C/c3ccc(OCCCCOC(=O)C=C)cc3)c(C)c2)cc1. The van der Waals surface area contributed by atoms with Crippen molar-refractivity contribution in [1.29, 1.82) is 0 Å². The van der Waals surface area contributed by atoms with Crippen LogP contribution in [0.1, 0.15) is 42.4 Å². The topological polar surface area (TPSA) is 100 Å². The summed E-state index contributed by atoms with van der Waals surface area (Å²) in [5.74, 6) is 0.666. The highest BCUT2D eigenvalue weighted by molar-refractivity contribution is 8.14. The van der Waals surface area contributed by atoms with Gasteiger partial charge in [0.15, 0.2) is 0 Å². The van der Waals surface area contributed by atoms with Gasteiger partial charge in [-0.05, 0) is 122 Å². The molecule has 0 radical (unpaired) electrons. The number of esters is 2. The molecule has 3 aromatic carbocycles. The van der Waals surface area contributed by atoms with E-state index in [2.05, 4.69) is 18.2 Å². The molecule has 3 aromatic rings. The van der Waals surface area contributed by atoms with Gasteiger partial charge in [0.25, 0.3) is 0 Å². The molecule has 8 nitrogen and oxygen atoms in total.